The van der Waals surface area contributed by atoms with E-state index >= 15 is 4.39 Å². The number of benzene rings is 1. The van der Waals surface area contributed by atoms with E-state index in [1.165, 1.54) is 18.6 Å². The fourth-order valence-electron chi connectivity index (χ4n) is 5.06. The highest BCUT2D eigenvalue weighted by atomic mass is 79.9. The fraction of sp³-hybridized carbons (Fsp3) is 0.440. The summed E-state index contributed by atoms with van der Waals surface area (Å²) < 4.78 is 36.4. The lowest BCUT2D eigenvalue weighted by Crippen LogP contribution is -2.40. The van der Waals surface area contributed by atoms with Crippen LogP contribution in [0.25, 0.3) is 22.2 Å². The summed E-state index contributed by atoms with van der Waals surface area (Å²) in [6.07, 6.45) is 5.65. The van der Waals surface area contributed by atoms with Crippen LogP contribution >= 0.6 is 15.9 Å². The van der Waals surface area contributed by atoms with Crippen molar-refractivity contribution in [2.75, 3.05) is 32.1 Å². The number of pyridine rings is 2. The lowest BCUT2D eigenvalue weighted by atomic mass is 10.0. The van der Waals surface area contributed by atoms with Crippen molar-refractivity contribution in [3.8, 4) is 17.1 Å². The Morgan fingerprint density at radius 3 is 2.48 bits per heavy atom. The predicted molar refractivity (Wildman–Crippen MR) is 130 cm³/mol. The van der Waals surface area contributed by atoms with Crippen molar-refractivity contribution in [2.24, 2.45) is 0 Å². The zero-order valence-electron chi connectivity index (χ0n) is 18.8. The van der Waals surface area contributed by atoms with Crippen LogP contribution in [0.1, 0.15) is 32.1 Å². The lowest BCUT2D eigenvalue weighted by Gasteiger charge is -2.36. The highest BCUT2D eigenvalue weighted by Gasteiger charge is 2.39. The van der Waals surface area contributed by atoms with Crippen LogP contribution < -0.4 is 9.64 Å². The zero-order chi connectivity index (χ0) is 23.1. The molecule has 4 heterocycles. The molecule has 1 aromatic carbocycles. The van der Waals surface area contributed by atoms with Crippen molar-refractivity contribution < 1.29 is 13.5 Å². The molecule has 8 heteroatoms. The summed E-state index contributed by atoms with van der Waals surface area (Å²) in [5.41, 5.74) is 0.652. The van der Waals surface area contributed by atoms with Gasteiger partial charge in [-0.1, -0.05) is 12.1 Å². The summed E-state index contributed by atoms with van der Waals surface area (Å²) in [5, 5.41) is 0.623. The third kappa shape index (κ3) is 4.19. The van der Waals surface area contributed by atoms with Crippen molar-refractivity contribution in [3.63, 3.8) is 0 Å². The van der Waals surface area contributed by atoms with Gasteiger partial charge in [0.1, 0.15) is 34.2 Å². The second-order valence-corrected chi connectivity index (χ2v) is 9.92. The summed E-state index contributed by atoms with van der Waals surface area (Å²) >= 11 is 3.60. The molecule has 2 bridgehead atoms. The molecule has 33 heavy (non-hydrogen) atoms. The van der Waals surface area contributed by atoms with E-state index in [2.05, 4.69) is 25.8 Å². The van der Waals surface area contributed by atoms with Gasteiger partial charge >= 0.3 is 0 Å². The van der Waals surface area contributed by atoms with Gasteiger partial charge in [-0.2, -0.15) is 4.98 Å². The lowest BCUT2D eigenvalue weighted by molar-refractivity contribution is 0.253. The first kappa shape index (κ1) is 22.5. The molecule has 0 amide bonds. The van der Waals surface area contributed by atoms with E-state index in [4.69, 9.17) is 9.72 Å². The fourth-order valence-corrected chi connectivity index (χ4v) is 5.56. The minimum Gasteiger partial charge on any atom is -0.475 e. The first-order chi connectivity index (χ1) is 15.9. The standard InChI is InChI=1S/C25H27BrF2N4O/c1-31(2)12-13-33-25-21(26)23-18(24(30-25)32-15-6-5-7-16(32)11-10-15)14-20(28)22(29-23)17-8-3-4-9-19(17)27/h3-4,8-9,14-16H,5-7,10-13H2,1-2H3. The quantitative estimate of drug-likeness (QED) is 0.414. The van der Waals surface area contributed by atoms with Gasteiger partial charge in [0.2, 0.25) is 5.88 Å². The number of hydrogen-bond donors (Lipinski definition) is 0. The van der Waals surface area contributed by atoms with Crippen molar-refractivity contribution in [1.82, 2.24) is 14.9 Å². The van der Waals surface area contributed by atoms with Crippen LogP contribution in [-0.2, 0) is 0 Å². The van der Waals surface area contributed by atoms with Gasteiger partial charge in [0, 0.05) is 29.6 Å². The van der Waals surface area contributed by atoms with E-state index in [0.717, 1.165) is 32.2 Å². The van der Waals surface area contributed by atoms with Crippen LogP contribution in [0.15, 0.2) is 34.8 Å². The Labute approximate surface area is 200 Å². The minimum atomic E-state index is -0.562. The molecule has 3 aromatic rings. The Hall–Kier alpha value is -2.32. The number of ether oxygens (including phenoxy) is 1. The summed E-state index contributed by atoms with van der Waals surface area (Å²) in [6, 6.07) is 8.36. The van der Waals surface area contributed by atoms with Gasteiger partial charge in [-0.15, -0.1) is 0 Å². The van der Waals surface area contributed by atoms with Gasteiger partial charge in [-0.3, -0.25) is 0 Å². The molecule has 2 saturated heterocycles. The van der Waals surface area contributed by atoms with Crippen molar-refractivity contribution in [1.29, 1.82) is 0 Å². The average Bonchev–Trinajstić information content (AvgIpc) is 3.03. The van der Waals surface area contributed by atoms with Crippen LogP contribution in [0, 0.1) is 11.6 Å². The Morgan fingerprint density at radius 2 is 1.79 bits per heavy atom. The first-order valence-corrected chi connectivity index (χ1v) is 12.2. The third-order valence-corrected chi connectivity index (χ3v) is 7.38. The summed E-state index contributed by atoms with van der Waals surface area (Å²) in [7, 11) is 3.96. The molecule has 2 aliphatic rings. The Morgan fingerprint density at radius 1 is 1.06 bits per heavy atom. The number of piperidine rings is 1. The largest absolute Gasteiger partial charge is 0.475 e. The summed E-state index contributed by atoms with van der Waals surface area (Å²) in [4.78, 5) is 13.9. The number of anilines is 1. The van der Waals surface area contributed by atoms with Crippen LogP contribution in [0.3, 0.4) is 0 Å². The van der Waals surface area contributed by atoms with Gasteiger partial charge in [-0.25, -0.2) is 13.8 Å². The van der Waals surface area contributed by atoms with E-state index in [-0.39, 0.29) is 11.3 Å². The van der Waals surface area contributed by atoms with Gasteiger partial charge in [-0.05, 0) is 80.3 Å². The normalized spacial score (nSPS) is 20.1. The second-order valence-electron chi connectivity index (χ2n) is 9.12. The topological polar surface area (TPSA) is 41.5 Å². The Bertz CT molecular complexity index is 1170. The molecule has 2 unspecified atom stereocenters. The van der Waals surface area contributed by atoms with E-state index in [0.29, 0.717) is 45.8 Å². The number of fused-ring (bicyclic) bond motifs is 3. The highest BCUT2D eigenvalue weighted by Crippen LogP contribution is 2.44. The van der Waals surface area contributed by atoms with E-state index < -0.39 is 11.6 Å². The first-order valence-electron chi connectivity index (χ1n) is 11.4. The average molecular weight is 517 g/mol. The molecule has 5 rings (SSSR count). The predicted octanol–water partition coefficient (Wildman–Crippen LogP) is 5.80. The molecule has 2 fully saturated rings. The summed E-state index contributed by atoms with van der Waals surface area (Å²) in [6.45, 7) is 1.19. The Kier molecular flexibility index (Phi) is 6.22. The SMILES string of the molecule is CN(C)CCOc1nc(N2C3CCCC2CC3)c2cc(F)c(-c3ccccc3F)nc2c1Br. The number of halogens is 3. The minimum absolute atomic E-state index is 0.0145. The Balaban J connectivity index is 1.69. The van der Waals surface area contributed by atoms with Gasteiger partial charge in [0.25, 0.3) is 0 Å². The molecule has 0 saturated carbocycles. The molecule has 0 radical (unpaired) electrons. The van der Waals surface area contributed by atoms with Gasteiger partial charge in [0.15, 0.2) is 0 Å². The molecule has 2 aromatic heterocycles. The van der Waals surface area contributed by atoms with E-state index in [9.17, 15) is 4.39 Å². The van der Waals surface area contributed by atoms with E-state index in [1.807, 2.05) is 19.0 Å². The molecule has 174 valence electrons. The molecular formula is C25H27BrF2N4O. The smallest absolute Gasteiger partial charge is 0.232 e. The molecular weight excluding hydrogens is 490 g/mol. The number of hydrogen-bond acceptors (Lipinski definition) is 5. The monoisotopic (exact) mass is 516 g/mol. The highest BCUT2D eigenvalue weighted by molar-refractivity contribution is 9.10. The second kappa shape index (κ2) is 9.14. The van der Waals surface area contributed by atoms with Crippen molar-refractivity contribution >= 4 is 32.7 Å². The number of nitrogens with zero attached hydrogens (tertiary/aromatic N) is 4. The molecule has 5 nitrogen and oxygen atoms in total. The van der Waals surface area contributed by atoms with Crippen molar-refractivity contribution in [2.45, 2.75) is 44.2 Å². The molecule has 2 aliphatic heterocycles. The van der Waals surface area contributed by atoms with Crippen LogP contribution in [0.4, 0.5) is 14.6 Å². The molecule has 2 atom stereocenters. The zero-order valence-corrected chi connectivity index (χ0v) is 20.4. The molecule has 0 aliphatic carbocycles. The number of aromatic nitrogens is 2. The van der Waals surface area contributed by atoms with Crippen molar-refractivity contribution in [3.05, 3.63) is 46.4 Å². The molecule has 0 N–H and O–H groups in total. The number of rotatable bonds is 6. The van der Waals surface area contributed by atoms with Crippen LogP contribution in [0.2, 0.25) is 0 Å². The maximum atomic E-state index is 15.3. The third-order valence-electron chi connectivity index (χ3n) is 6.67. The van der Waals surface area contributed by atoms with Crippen LogP contribution in [0.5, 0.6) is 5.88 Å². The van der Waals surface area contributed by atoms with Crippen LogP contribution in [-0.4, -0.2) is 54.2 Å². The van der Waals surface area contributed by atoms with Gasteiger partial charge in [0.05, 0.1) is 5.52 Å². The van der Waals surface area contributed by atoms with E-state index in [1.54, 1.807) is 18.2 Å². The number of likely N-dealkylation sites (N-methyl/N-ethyl adjacent to an activating group) is 1. The summed E-state index contributed by atoms with van der Waals surface area (Å²) in [5.74, 6) is 0.0769. The maximum absolute atomic E-state index is 15.3. The maximum Gasteiger partial charge on any atom is 0.232 e. The molecule has 0 spiro atoms. The van der Waals surface area contributed by atoms with Gasteiger partial charge < -0.3 is 14.5 Å².